The Labute approximate surface area is 86.2 Å². The average Bonchev–Trinajstić information content (AvgIpc) is 2.03. The summed E-state index contributed by atoms with van der Waals surface area (Å²) in [6.07, 6.45) is 3.41. The smallest absolute Gasteiger partial charge is 0.127 e. The molecule has 0 amide bonds. The molecule has 0 aliphatic rings. The third-order valence-electron chi connectivity index (χ3n) is 1.40. The van der Waals surface area contributed by atoms with E-state index in [9.17, 15) is 0 Å². The lowest BCUT2D eigenvalue weighted by molar-refractivity contribution is 0.834. The molecule has 0 aromatic carbocycles. The normalized spacial score (nSPS) is 12.2. The minimum atomic E-state index is 0.207. The van der Waals surface area contributed by atoms with Crippen LogP contribution in [0.2, 0.25) is 0 Å². The molecule has 1 aromatic rings. The number of hydrogen-bond donors (Lipinski definition) is 1. The number of rotatable bonds is 2. The second-order valence-electron chi connectivity index (χ2n) is 3.00. The standard InChI is InChI=1S/C9H12BrN3/c1-6(2)13-9(11)7-3-8(10)5-12-4-7/h3-6H,1-2H3,(H2,11,13). The highest BCUT2D eigenvalue weighted by molar-refractivity contribution is 9.10. The first-order valence-corrected chi connectivity index (χ1v) is 4.83. The highest BCUT2D eigenvalue weighted by atomic mass is 79.9. The maximum Gasteiger partial charge on any atom is 0.127 e. The van der Waals surface area contributed by atoms with Gasteiger partial charge in [0, 0.05) is 28.5 Å². The van der Waals surface area contributed by atoms with Gasteiger partial charge in [-0.25, -0.2) is 0 Å². The fourth-order valence-electron chi connectivity index (χ4n) is 0.905. The van der Waals surface area contributed by atoms with E-state index in [0.717, 1.165) is 10.0 Å². The molecule has 70 valence electrons. The molecule has 4 heteroatoms. The molecule has 13 heavy (non-hydrogen) atoms. The first-order chi connectivity index (χ1) is 6.09. The number of hydrogen-bond acceptors (Lipinski definition) is 2. The quantitative estimate of drug-likeness (QED) is 0.636. The van der Waals surface area contributed by atoms with Crippen LogP contribution in [0.5, 0.6) is 0 Å². The molecule has 0 bridgehead atoms. The summed E-state index contributed by atoms with van der Waals surface area (Å²) in [5, 5.41) is 0. The van der Waals surface area contributed by atoms with E-state index in [1.807, 2.05) is 19.9 Å². The number of halogens is 1. The van der Waals surface area contributed by atoms with E-state index in [0.29, 0.717) is 5.84 Å². The summed E-state index contributed by atoms with van der Waals surface area (Å²) in [4.78, 5) is 8.23. The molecule has 1 rings (SSSR count). The van der Waals surface area contributed by atoms with Crippen LogP contribution in [0, 0.1) is 0 Å². The molecule has 1 aromatic heterocycles. The molecule has 2 N–H and O–H groups in total. The number of amidine groups is 1. The summed E-state index contributed by atoms with van der Waals surface area (Å²) in [6, 6.07) is 2.10. The van der Waals surface area contributed by atoms with Crippen LogP contribution >= 0.6 is 15.9 Å². The summed E-state index contributed by atoms with van der Waals surface area (Å²) in [6.45, 7) is 3.97. The van der Waals surface area contributed by atoms with Crippen LogP contribution < -0.4 is 5.73 Å². The Bertz CT molecular complexity index is 320. The van der Waals surface area contributed by atoms with E-state index in [4.69, 9.17) is 5.73 Å². The number of nitrogens with zero attached hydrogens (tertiary/aromatic N) is 2. The Morgan fingerprint density at radius 2 is 2.23 bits per heavy atom. The first kappa shape index (κ1) is 10.2. The highest BCUT2D eigenvalue weighted by Crippen LogP contribution is 2.09. The van der Waals surface area contributed by atoms with Crippen LogP contribution in [-0.4, -0.2) is 16.9 Å². The number of nitrogens with two attached hydrogens (primary N) is 1. The largest absolute Gasteiger partial charge is 0.383 e. The maximum atomic E-state index is 5.75. The van der Waals surface area contributed by atoms with Gasteiger partial charge in [-0.05, 0) is 35.8 Å². The van der Waals surface area contributed by atoms with E-state index in [2.05, 4.69) is 25.9 Å². The lowest BCUT2D eigenvalue weighted by Gasteiger charge is -2.02. The van der Waals surface area contributed by atoms with Crippen molar-refractivity contribution in [2.45, 2.75) is 19.9 Å². The van der Waals surface area contributed by atoms with Gasteiger partial charge in [0.25, 0.3) is 0 Å². The van der Waals surface area contributed by atoms with Gasteiger partial charge in [0.05, 0.1) is 0 Å². The Hall–Kier alpha value is -0.900. The molecule has 0 unspecified atom stereocenters. The van der Waals surface area contributed by atoms with Gasteiger partial charge >= 0.3 is 0 Å². The molecular weight excluding hydrogens is 230 g/mol. The van der Waals surface area contributed by atoms with Crippen molar-refractivity contribution in [2.24, 2.45) is 10.7 Å². The fourth-order valence-corrected chi connectivity index (χ4v) is 1.27. The second-order valence-corrected chi connectivity index (χ2v) is 3.92. The van der Waals surface area contributed by atoms with Crippen molar-refractivity contribution in [3.8, 4) is 0 Å². The lowest BCUT2D eigenvalue weighted by atomic mass is 10.2. The Balaban J connectivity index is 2.95. The minimum absolute atomic E-state index is 0.207. The van der Waals surface area contributed by atoms with Gasteiger partial charge in [0.15, 0.2) is 0 Å². The van der Waals surface area contributed by atoms with Crippen LogP contribution in [0.3, 0.4) is 0 Å². The summed E-state index contributed by atoms with van der Waals surface area (Å²) >= 11 is 3.32. The summed E-state index contributed by atoms with van der Waals surface area (Å²) in [7, 11) is 0. The number of aliphatic imine (C=N–C) groups is 1. The number of aromatic nitrogens is 1. The predicted molar refractivity (Wildman–Crippen MR) is 57.8 cm³/mol. The van der Waals surface area contributed by atoms with Crippen LogP contribution in [0.4, 0.5) is 0 Å². The molecule has 0 aliphatic carbocycles. The zero-order chi connectivity index (χ0) is 9.84. The van der Waals surface area contributed by atoms with Gasteiger partial charge in [-0.15, -0.1) is 0 Å². The molecule has 0 aliphatic heterocycles. The Morgan fingerprint density at radius 1 is 1.54 bits per heavy atom. The van der Waals surface area contributed by atoms with Gasteiger partial charge in [-0.3, -0.25) is 9.98 Å². The summed E-state index contributed by atoms with van der Waals surface area (Å²) in [5.41, 5.74) is 6.60. The molecule has 0 radical (unpaired) electrons. The number of pyridine rings is 1. The SMILES string of the molecule is CC(C)N=C(N)c1cncc(Br)c1. The van der Waals surface area contributed by atoms with Crippen LogP contribution in [0.1, 0.15) is 19.4 Å². The van der Waals surface area contributed by atoms with Crippen molar-refractivity contribution in [1.29, 1.82) is 0 Å². The van der Waals surface area contributed by atoms with Crippen molar-refractivity contribution in [3.63, 3.8) is 0 Å². The lowest BCUT2D eigenvalue weighted by Crippen LogP contribution is -2.15. The zero-order valence-electron chi connectivity index (χ0n) is 7.66. The van der Waals surface area contributed by atoms with Crippen molar-refractivity contribution in [2.75, 3.05) is 0 Å². The topological polar surface area (TPSA) is 51.3 Å². The van der Waals surface area contributed by atoms with Gasteiger partial charge in [0.2, 0.25) is 0 Å². The van der Waals surface area contributed by atoms with E-state index in [1.54, 1.807) is 12.4 Å². The van der Waals surface area contributed by atoms with Crippen LogP contribution in [-0.2, 0) is 0 Å². The molecule has 3 nitrogen and oxygen atoms in total. The average molecular weight is 242 g/mol. The highest BCUT2D eigenvalue weighted by Gasteiger charge is 2.00. The van der Waals surface area contributed by atoms with Gasteiger partial charge in [-0.1, -0.05) is 0 Å². The molecule has 0 atom stereocenters. The first-order valence-electron chi connectivity index (χ1n) is 4.04. The van der Waals surface area contributed by atoms with Crippen molar-refractivity contribution < 1.29 is 0 Å². The van der Waals surface area contributed by atoms with Gasteiger partial charge in [0.1, 0.15) is 5.84 Å². The molecule has 0 saturated heterocycles. The third kappa shape index (κ3) is 3.14. The zero-order valence-corrected chi connectivity index (χ0v) is 9.25. The predicted octanol–water partition coefficient (Wildman–Crippen LogP) is 1.96. The van der Waals surface area contributed by atoms with E-state index in [1.165, 1.54) is 0 Å². The third-order valence-corrected chi connectivity index (χ3v) is 1.83. The Morgan fingerprint density at radius 3 is 2.77 bits per heavy atom. The summed E-state index contributed by atoms with van der Waals surface area (Å²) in [5.74, 6) is 0.531. The Kier molecular flexibility index (Phi) is 3.42. The molecular formula is C9H12BrN3. The molecule has 0 spiro atoms. The molecule has 0 saturated carbocycles. The van der Waals surface area contributed by atoms with Gasteiger partial charge < -0.3 is 5.73 Å². The maximum absolute atomic E-state index is 5.75. The summed E-state index contributed by atoms with van der Waals surface area (Å²) < 4.78 is 0.909. The van der Waals surface area contributed by atoms with E-state index < -0.39 is 0 Å². The van der Waals surface area contributed by atoms with E-state index in [-0.39, 0.29) is 6.04 Å². The monoisotopic (exact) mass is 241 g/mol. The van der Waals surface area contributed by atoms with Crippen LogP contribution in [0.25, 0.3) is 0 Å². The molecule has 0 fully saturated rings. The molecule has 1 heterocycles. The van der Waals surface area contributed by atoms with Gasteiger partial charge in [-0.2, -0.15) is 0 Å². The van der Waals surface area contributed by atoms with Crippen LogP contribution in [0.15, 0.2) is 27.9 Å². The fraction of sp³-hybridized carbons (Fsp3) is 0.333. The second kappa shape index (κ2) is 4.37. The van der Waals surface area contributed by atoms with Crippen molar-refractivity contribution in [3.05, 3.63) is 28.5 Å². The van der Waals surface area contributed by atoms with E-state index >= 15 is 0 Å². The van der Waals surface area contributed by atoms with Crippen molar-refractivity contribution >= 4 is 21.8 Å². The minimum Gasteiger partial charge on any atom is -0.383 e. The van der Waals surface area contributed by atoms with Crippen molar-refractivity contribution in [1.82, 2.24) is 4.98 Å².